The van der Waals surface area contributed by atoms with Gasteiger partial charge in [0.2, 0.25) is 0 Å². The van der Waals surface area contributed by atoms with Crippen molar-refractivity contribution in [1.82, 2.24) is 10.6 Å². The van der Waals surface area contributed by atoms with E-state index in [0.717, 1.165) is 15.1 Å². The van der Waals surface area contributed by atoms with Crippen molar-refractivity contribution in [3.05, 3.63) is 45.0 Å². The molecule has 0 radical (unpaired) electrons. The zero-order chi connectivity index (χ0) is 12.1. The van der Waals surface area contributed by atoms with Crippen LogP contribution in [0, 0.1) is 0 Å². The highest BCUT2D eigenvalue weighted by atomic mass is 79.9. The number of carbonyl (C=O) groups excluding carboxylic acids is 1. The maximum absolute atomic E-state index is 11.4. The first-order valence-corrected chi connectivity index (χ1v) is 6.68. The van der Waals surface area contributed by atoms with Gasteiger partial charge in [0, 0.05) is 14.7 Å². The minimum Gasteiger partial charge on any atom is -0.467 e. The van der Waals surface area contributed by atoms with Crippen LogP contribution in [0.2, 0.25) is 0 Å². The van der Waals surface area contributed by atoms with Crippen LogP contribution in [-0.2, 0) is 13.1 Å². The lowest BCUT2D eigenvalue weighted by molar-refractivity contribution is 0.239. The Morgan fingerprint density at radius 1 is 1.41 bits per heavy atom. The van der Waals surface area contributed by atoms with Gasteiger partial charge in [-0.15, -0.1) is 11.3 Å². The lowest BCUT2D eigenvalue weighted by atomic mass is 10.4. The number of thiophene rings is 1. The fraction of sp³-hybridized carbons (Fsp3) is 0.182. The minimum absolute atomic E-state index is 0.203. The van der Waals surface area contributed by atoms with Crippen molar-refractivity contribution in [3.63, 3.8) is 0 Å². The zero-order valence-corrected chi connectivity index (χ0v) is 11.3. The first-order valence-electron chi connectivity index (χ1n) is 5.01. The number of nitrogens with one attached hydrogen (secondary N) is 2. The Labute approximate surface area is 111 Å². The summed E-state index contributed by atoms with van der Waals surface area (Å²) in [5, 5.41) is 7.47. The molecule has 0 aromatic carbocycles. The first kappa shape index (κ1) is 12.2. The molecule has 2 N–H and O–H groups in total. The fourth-order valence-corrected chi connectivity index (χ4v) is 2.65. The third kappa shape index (κ3) is 3.90. The van der Waals surface area contributed by atoms with Crippen molar-refractivity contribution >= 4 is 33.3 Å². The van der Waals surface area contributed by atoms with Gasteiger partial charge >= 0.3 is 6.03 Å². The van der Waals surface area contributed by atoms with Crippen molar-refractivity contribution in [3.8, 4) is 0 Å². The van der Waals surface area contributed by atoms with Crippen molar-refractivity contribution in [1.29, 1.82) is 0 Å². The number of amides is 2. The van der Waals surface area contributed by atoms with Crippen LogP contribution in [-0.4, -0.2) is 6.03 Å². The molecule has 2 amide bonds. The fourth-order valence-electron chi connectivity index (χ4n) is 1.26. The topological polar surface area (TPSA) is 54.3 Å². The summed E-state index contributed by atoms with van der Waals surface area (Å²) in [6.07, 6.45) is 1.58. The molecule has 2 aromatic rings. The monoisotopic (exact) mass is 314 g/mol. The number of halogens is 1. The Kier molecular flexibility index (Phi) is 4.22. The summed E-state index contributed by atoms with van der Waals surface area (Å²) in [6, 6.07) is 5.39. The van der Waals surface area contributed by atoms with Crippen LogP contribution in [0.15, 0.2) is 38.7 Å². The molecule has 0 saturated heterocycles. The van der Waals surface area contributed by atoms with Gasteiger partial charge in [-0.25, -0.2) is 4.79 Å². The van der Waals surface area contributed by atoms with Gasteiger partial charge in [0.05, 0.1) is 19.4 Å². The summed E-state index contributed by atoms with van der Waals surface area (Å²) in [4.78, 5) is 12.5. The largest absolute Gasteiger partial charge is 0.467 e. The number of urea groups is 1. The predicted molar refractivity (Wildman–Crippen MR) is 69.8 cm³/mol. The molecular weight excluding hydrogens is 304 g/mol. The third-order valence-corrected chi connectivity index (χ3v) is 3.75. The highest BCUT2D eigenvalue weighted by Gasteiger charge is 2.03. The van der Waals surface area contributed by atoms with Crippen LogP contribution in [0.3, 0.4) is 0 Å². The second-order valence-corrected chi connectivity index (χ2v) is 5.26. The van der Waals surface area contributed by atoms with Crippen LogP contribution in [0.1, 0.15) is 10.6 Å². The lowest BCUT2D eigenvalue weighted by Crippen LogP contribution is -2.34. The maximum Gasteiger partial charge on any atom is 0.315 e. The molecule has 2 aromatic heterocycles. The summed E-state index contributed by atoms with van der Waals surface area (Å²) < 4.78 is 6.14. The molecule has 6 heteroatoms. The molecule has 0 aliphatic carbocycles. The van der Waals surface area contributed by atoms with Gasteiger partial charge in [-0.1, -0.05) is 0 Å². The lowest BCUT2D eigenvalue weighted by Gasteiger charge is -2.04. The molecule has 0 aliphatic rings. The smallest absolute Gasteiger partial charge is 0.315 e. The Hall–Kier alpha value is -1.27. The van der Waals surface area contributed by atoms with E-state index in [1.807, 2.05) is 17.5 Å². The molecular formula is C11H11BrN2O2S. The molecule has 0 saturated carbocycles. The number of hydrogen-bond acceptors (Lipinski definition) is 3. The molecule has 0 atom stereocenters. The number of carbonyl (C=O) groups is 1. The molecule has 0 aliphatic heterocycles. The average molecular weight is 315 g/mol. The SMILES string of the molecule is O=C(NCc1ccco1)NCc1cc(Br)cs1. The molecule has 90 valence electrons. The van der Waals surface area contributed by atoms with Crippen LogP contribution in [0.25, 0.3) is 0 Å². The Morgan fingerprint density at radius 3 is 2.88 bits per heavy atom. The van der Waals surface area contributed by atoms with Gasteiger partial charge in [0.15, 0.2) is 0 Å². The van der Waals surface area contributed by atoms with Gasteiger partial charge in [-0.05, 0) is 34.1 Å². The van der Waals surface area contributed by atoms with Gasteiger partial charge < -0.3 is 15.1 Å². The molecule has 0 bridgehead atoms. The number of rotatable bonds is 4. The highest BCUT2D eigenvalue weighted by molar-refractivity contribution is 9.10. The van der Waals surface area contributed by atoms with Gasteiger partial charge in [0.25, 0.3) is 0 Å². The van der Waals surface area contributed by atoms with E-state index in [2.05, 4.69) is 26.6 Å². The summed E-state index contributed by atoms with van der Waals surface area (Å²) in [6.45, 7) is 0.924. The summed E-state index contributed by atoms with van der Waals surface area (Å²) in [5.74, 6) is 0.735. The van der Waals surface area contributed by atoms with Crippen molar-refractivity contribution in [2.45, 2.75) is 13.1 Å². The Bertz CT molecular complexity index is 481. The van der Waals surface area contributed by atoms with Crippen molar-refractivity contribution in [2.75, 3.05) is 0 Å². The van der Waals surface area contributed by atoms with E-state index >= 15 is 0 Å². The van der Waals surface area contributed by atoms with Crippen molar-refractivity contribution < 1.29 is 9.21 Å². The predicted octanol–water partition coefficient (Wildman–Crippen LogP) is 3.10. The van der Waals surface area contributed by atoms with E-state index in [1.54, 1.807) is 23.7 Å². The van der Waals surface area contributed by atoms with E-state index in [1.165, 1.54) is 0 Å². The van der Waals surface area contributed by atoms with Gasteiger partial charge in [-0.2, -0.15) is 0 Å². The Balaban J connectivity index is 1.71. The van der Waals surface area contributed by atoms with Crippen LogP contribution in [0.5, 0.6) is 0 Å². The molecule has 2 rings (SSSR count). The quantitative estimate of drug-likeness (QED) is 0.911. The van der Waals surface area contributed by atoms with E-state index in [4.69, 9.17) is 4.42 Å². The van der Waals surface area contributed by atoms with Crippen LogP contribution >= 0.6 is 27.3 Å². The number of furan rings is 1. The maximum atomic E-state index is 11.4. The summed E-state index contributed by atoms with van der Waals surface area (Å²) in [7, 11) is 0. The summed E-state index contributed by atoms with van der Waals surface area (Å²) in [5.41, 5.74) is 0. The molecule has 0 unspecified atom stereocenters. The van der Waals surface area contributed by atoms with Gasteiger partial charge in [0.1, 0.15) is 5.76 Å². The van der Waals surface area contributed by atoms with Gasteiger partial charge in [-0.3, -0.25) is 0 Å². The Morgan fingerprint density at radius 2 is 2.24 bits per heavy atom. The molecule has 0 fully saturated rings. The number of hydrogen-bond donors (Lipinski definition) is 2. The standard InChI is InChI=1S/C11H11BrN2O2S/c12-8-4-10(17-7-8)6-14-11(15)13-5-9-2-1-3-16-9/h1-4,7H,5-6H2,(H2,13,14,15). The minimum atomic E-state index is -0.203. The average Bonchev–Trinajstić information content (AvgIpc) is 2.95. The van der Waals surface area contributed by atoms with Crippen molar-refractivity contribution in [2.24, 2.45) is 0 Å². The molecule has 0 spiro atoms. The van der Waals surface area contributed by atoms with E-state index < -0.39 is 0 Å². The van der Waals surface area contributed by atoms with E-state index in [-0.39, 0.29) is 6.03 Å². The summed E-state index contributed by atoms with van der Waals surface area (Å²) >= 11 is 4.97. The first-order chi connectivity index (χ1) is 8.24. The second-order valence-electron chi connectivity index (χ2n) is 3.35. The van der Waals surface area contributed by atoms with E-state index in [9.17, 15) is 4.79 Å². The zero-order valence-electron chi connectivity index (χ0n) is 8.90. The molecule has 17 heavy (non-hydrogen) atoms. The molecule has 2 heterocycles. The third-order valence-electron chi connectivity index (χ3n) is 2.05. The van der Waals surface area contributed by atoms with Crippen LogP contribution in [0.4, 0.5) is 4.79 Å². The second kappa shape index (κ2) is 5.88. The van der Waals surface area contributed by atoms with E-state index in [0.29, 0.717) is 13.1 Å². The van der Waals surface area contributed by atoms with Crippen LogP contribution < -0.4 is 10.6 Å². The normalized spacial score (nSPS) is 10.2. The molecule has 4 nitrogen and oxygen atoms in total. The highest BCUT2D eigenvalue weighted by Crippen LogP contribution is 2.19.